The van der Waals surface area contributed by atoms with E-state index < -0.39 is 23.4 Å². The van der Waals surface area contributed by atoms with Gasteiger partial charge in [-0.15, -0.1) is 4.31 Å². The fourth-order valence-electron chi connectivity index (χ4n) is 4.91. The van der Waals surface area contributed by atoms with E-state index >= 15 is 0 Å². The first-order valence-corrected chi connectivity index (χ1v) is 11.9. The van der Waals surface area contributed by atoms with Gasteiger partial charge in [0.05, 0.1) is 11.4 Å². The van der Waals surface area contributed by atoms with Gasteiger partial charge >= 0.3 is 12.1 Å². The molecule has 2 amide bonds. The Labute approximate surface area is 188 Å². The minimum absolute atomic E-state index is 0.0166. The number of hydrogen-bond acceptors (Lipinski definition) is 5. The van der Waals surface area contributed by atoms with E-state index in [1.165, 1.54) is 0 Å². The summed E-state index contributed by atoms with van der Waals surface area (Å²) < 4.78 is 52.5. The topological polar surface area (TPSA) is 79.0 Å². The van der Waals surface area contributed by atoms with Gasteiger partial charge in [-0.05, 0) is 68.5 Å². The predicted molar refractivity (Wildman–Crippen MR) is 113 cm³/mol. The smallest absolute Gasteiger partial charge is 0.471 e. The maximum atomic E-state index is 12.9. The summed E-state index contributed by atoms with van der Waals surface area (Å²) in [7, 11) is 0. The average Bonchev–Trinajstić information content (AvgIpc) is 2.74. The van der Waals surface area contributed by atoms with E-state index in [-0.39, 0.29) is 24.5 Å². The van der Waals surface area contributed by atoms with Crippen molar-refractivity contribution >= 4 is 29.4 Å². The van der Waals surface area contributed by atoms with Gasteiger partial charge in [-0.3, -0.25) is 14.5 Å². The van der Waals surface area contributed by atoms with E-state index in [2.05, 4.69) is 10.2 Å². The van der Waals surface area contributed by atoms with E-state index in [1.807, 2.05) is 4.31 Å². The van der Waals surface area contributed by atoms with Crippen LogP contribution < -0.4 is 5.32 Å². The molecule has 1 aromatic rings. The molecule has 4 rings (SSSR count). The van der Waals surface area contributed by atoms with Crippen molar-refractivity contribution in [1.82, 2.24) is 14.1 Å². The number of rotatable bonds is 5. The SMILES string of the molecule is O=CNc1ccc([S+]([O-])N2CCC3(CCN(C4CN(C(=O)C(F)(F)F)C4)CC3)CC2)cc1. The molecule has 1 aromatic carbocycles. The molecule has 3 fully saturated rings. The number of amides is 2. The standard InChI is InChI=1S/C21H27F3N4O3S/c22-21(23,24)19(30)27-13-17(14-27)26-9-5-20(6-10-26)7-11-28(12-8-20)32(31)18-3-1-16(2-4-18)25-15-29/h1-4,15,17H,5-14H2,(H,25,29). The van der Waals surface area contributed by atoms with E-state index in [0.717, 1.165) is 56.8 Å². The molecule has 0 bridgehead atoms. The van der Waals surface area contributed by atoms with Crippen molar-refractivity contribution in [3.63, 3.8) is 0 Å². The molecular formula is C21H27F3N4O3S. The van der Waals surface area contributed by atoms with Crippen LogP contribution in [0, 0.1) is 5.41 Å². The Hall–Kier alpha value is -1.82. The quantitative estimate of drug-likeness (QED) is 0.525. The van der Waals surface area contributed by atoms with Crippen LogP contribution in [0.1, 0.15) is 25.7 Å². The van der Waals surface area contributed by atoms with Gasteiger partial charge in [0.15, 0.2) is 4.90 Å². The molecule has 32 heavy (non-hydrogen) atoms. The van der Waals surface area contributed by atoms with Crippen LogP contribution in [0.2, 0.25) is 0 Å². The Kier molecular flexibility index (Phi) is 6.71. The Morgan fingerprint density at radius 2 is 1.62 bits per heavy atom. The number of piperidine rings is 2. The average molecular weight is 473 g/mol. The highest BCUT2D eigenvalue weighted by Crippen LogP contribution is 2.43. The van der Waals surface area contributed by atoms with Crippen LogP contribution in [-0.4, -0.2) is 82.5 Å². The normalized spacial score (nSPS) is 23.6. The molecule has 176 valence electrons. The first kappa shape index (κ1) is 23.3. The molecule has 0 aliphatic carbocycles. The number of alkyl halides is 3. The van der Waals surface area contributed by atoms with Crippen LogP contribution in [0.3, 0.4) is 0 Å². The minimum atomic E-state index is -4.79. The molecule has 11 heteroatoms. The third-order valence-corrected chi connectivity index (χ3v) is 8.58. The summed E-state index contributed by atoms with van der Waals surface area (Å²) in [5.74, 6) is -1.74. The van der Waals surface area contributed by atoms with Crippen molar-refractivity contribution < 1.29 is 27.3 Å². The molecule has 1 N–H and O–H groups in total. The first-order chi connectivity index (χ1) is 15.2. The highest BCUT2D eigenvalue weighted by molar-refractivity contribution is 7.89. The summed E-state index contributed by atoms with van der Waals surface area (Å²) in [5, 5.41) is 2.56. The Balaban J connectivity index is 1.23. The maximum Gasteiger partial charge on any atom is 0.471 e. The second-order valence-corrected chi connectivity index (χ2v) is 10.3. The van der Waals surface area contributed by atoms with Gasteiger partial charge in [-0.25, -0.2) is 0 Å². The lowest BCUT2D eigenvalue weighted by atomic mass is 9.71. The fraction of sp³-hybridized carbons (Fsp3) is 0.619. The molecule has 1 spiro atoms. The molecule has 3 aliphatic rings. The fourth-order valence-corrected chi connectivity index (χ4v) is 6.09. The lowest BCUT2D eigenvalue weighted by Gasteiger charge is -2.51. The third kappa shape index (κ3) is 4.90. The van der Waals surface area contributed by atoms with Crippen molar-refractivity contribution in [2.45, 2.75) is 42.8 Å². The van der Waals surface area contributed by atoms with Crippen molar-refractivity contribution in [2.75, 3.05) is 44.6 Å². The van der Waals surface area contributed by atoms with Crippen LogP contribution >= 0.6 is 0 Å². The van der Waals surface area contributed by atoms with Crippen molar-refractivity contribution in [1.29, 1.82) is 0 Å². The van der Waals surface area contributed by atoms with E-state index in [0.29, 0.717) is 17.0 Å². The molecule has 0 aromatic heterocycles. The molecule has 3 saturated heterocycles. The van der Waals surface area contributed by atoms with Crippen LogP contribution in [0.5, 0.6) is 0 Å². The van der Waals surface area contributed by atoms with Crippen LogP contribution in [-0.2, 0) is 21.0 Å². The van der Waals surface area contributed by atoms with Gasteiger partial charge in [0.1, 0.15) is 0 Å². The predicted octanol–water partition coefficient (Wildman–Crippen LogP) is 2.23. The Morgan fingerprint density at radius 3 is 2.16 bits per heavy atom. The van der Waals surface area contributed by atoms with Crippen LogP contribution in [0.15, 0.2) is 29.2 Å². The first-order valence-electron chi connectivity index (χ1n) is 10.8. The number of nitrogens with one attached hydrogen (secondary N) is 1. The zero-order valence-electron chi connectivity index (χ0n) is 17.6. The molecular weight excluding hydrogens is 445 g/mol. The van der Waals surface area contributed by atoms with Gasteiger partial charge in [-0.2, -0.15) is 13.2 Å². The van der Waals surface area contributed by atoms with Gasteiger partial charge < -0.3 is 14.8 Å². The molecule has 7 nitrogen and oxygen atoms in total. The second-order valence-electron chi connectivity index (χ2n) is 8.86. The van der Waals surface area contributed by atoms with E-state index in [9.17, 15) is 27.3 Å². The summed E-state index contributed by atoms with van der Waals surface area (Å²) >= 11 is -1.25. The minimum Gasteiger partial charge on any atom is -0.593 e. The number of nitrogens with zero attached hydrogens (tertiary/aromatic N) is 3. The summed E-state index contributed by atoms with van der Waals surface area (Å²) in [5.41, 5.74) is 0.850. The lowest BCUT2D eigenvalue weighted by Crippen LogP contribution is -2.64. The summed E-state index contributed by atoms with van der Waals surface area (Å²) in [4.78, 5) is 25.6. The van der Waals surface area contributed by atoms with Gasteiger partial charge in [0.25, 0.3) is 0 Å². The number of likely N-dealkylation sites (tertiary alicyclic amines) is 2. The molecule has 1 unspecified atom stereocenters. The third-order valence-electron chi connectivity index (χ3n) is 7.07. The monoisotopic (exact) mass is 472 g/mol. The molecule has 1 atom stereocenters. The van der Waals surface area contributed by atoms with Crippen molar-refractivity contribution in [2.24, 2.45) is 5.41 Å². The Bertz CT molecular complexity index is 815. The molecule has 3 aliphatic heterocycles. The Morgan fingerprint density at radius 1 is 1.06 bits per heavy atom. The lowest BCUT2D eigenvalue weighted by molar-refractivity contribution is -0.192. The van der Waals surface area contributed by atoms with Gasteiger partial charge in [0.2, 0.25) is 6.41 Å². The number of carbonyl (C=O) groups excluding carboxylic acids is 2. The van der Waals surface area contributed by atoms with E-state index in [4.69, 9.17) is 0 Å². The molecule has 3 heterocycles. The highest BCUT2D eigenvalue weighted by Gasteiger charge is 2.49. The zero-order chi connectivity index (χ0) is 22.9. The van der Waals surface area contributed by atoms with Gasteiger partial charge in [-0.1, -0.05) is 0 Å². The largest absolute Gasteiger partial charge is 0.593 e. The summed E-state index contributed by atoms with van der Waals surface area (Å²) in [6.45, 7) is 3.43. The highest BCUT2D eigenvalue weighted by atomic mass is 32.2. The summed E-state index contributed by atoms with van der Waals surface area (Å²) in [6, 6.07) is 6.99. The second kappa shape index (κ2) is 9.20. The van der Waals surface area contributed by atoms with Crippen LogP contribution in [0.4, 0.5) is 18.9 Å². The number of hydrogen-bond donors (Lipinski definition) is 1. The number of halogens is 3. The number of anilines is 1. The van der Waals surface area contributed by atoms with Crippen molar-refractivity contribution in [3.05, 3.63) is 24.3 Å². The maximum absolute atomic E-state index is 12.9. The molecule has 0 radical (unpaired) electrons. The number of benzene rings is 1. The summed E-state index contributed by atoms with van der Waals surface area (Å²) in [6.07, 6.45) is -0.349. The van der Waals surface area contributed by atoms with Gasteiger partial charge in [0, 0.05) is 37.9 Å². The zero-order valence-corrected chi connectivity index (χ0v) is 18.5. The van der Waals surface area contributed by atoms with E-state index in [1.54, 1.807) is 24.3 Å². The van der Waals surface area contributed by atoms with Crippen molar-refractivity contribution in [3.8, 4) is 0 Å². The van der Waals surface area contributed by atoms with Crippen LogP contribution in [0.25, 0.3) is 0 Å². The number of carbonyl (C=O) groups is 2. The molecule has 0 saturated carbocycles.